The highest BCUT2D eigenvalue weighted by Crippen LogP contribution is 2.21. The summed E-state index contributed by atoms with van der Waals surface area (Å²) in [7, 11) is -3.61. The van der Waals surface area contributed by atoms with Crippen molar-refractivity contribution in [2.24, 2.45) is 16.5 Å². The van der Waals surface area contributed by atoms with Crippen LogP contribution in [0.25, 0.3) is 10.8 Å². The number of pyridine rings is 1. The maximum atomic E-state index is 12.2. The van der Waals surface area contributed by atoms with Crippen molar-refractivity contribution in [1.29, 1.82) is 0 Å². The van der Waals surface area contributed by atoms with Crippen molar-refractivity contribution in [2.75, 3.05) is 13.1 Å². The third kappa shape index (κ3) is 4.99. The number of aliphatic imine (C=N–C) groups is 1. The third-order valence-electron chi connectivity index (χ3n) is 2.63. The lowest BCUT2D eigenvalue weighted by molar-refractivity contribution is 0.583. The van der Waals surface area contributed by atoms with Gasteiger partial charge >= 0.3 is 0 Å². The lowest BCUT2D eigenvalue weighted by Gasteiger charge is -2.08. The van der Waals surface area contributed by atoms with Crippen LogP contribution in [0.3, 0.4) is 0 Å². The van der Waals surface area contributed by atoms with Crippen LogP contribution in [0, 0.1) is 0 Å². The molecular weight excluding hydrogens is 349 g/mol. The molecular formula is C12H17Cl2N5O2S. The van der Waals surface area contributed by atoms with Crippen molar-refractivity contribution in [3.05, 3.63) is 36.7 Å². The summed E-state index contributed by atoms with van der Waals surface area (Å²) < 4.78 is 27.0. The van der Waals surface area contributed by atoms with Gasteiger partial charge < -0.3 is 11.5 Å². The molecule has 0 aliphatic rings. The highest BCUT2D eigenvalue weighted by atomic mass is 35.5. The highest BCUT2D eigenvalue weighted by molar-refractivity contribution is 7.89. The van der Waals surface area contributed by atoms with Gasteiger partial charge in [-0.2, -0.15) is 0 Å². The molecule has 22 heavy (non-hydrogen) atoms. The number of guanidine groups is 1. The fourth-order valence-electron chi connectivity index (χ4n) is 1.77. The lowest BCUT2D eigenvalue weighted by atomic mass is 10.2. The smallest absolute Gasteiger partial charge is 0.241 e. The molecule has 2 aromatic rings. The van der Waals surface area contributed by atoms with Crippen LogP contribution in [0.1, 0.15) is 0 Å². The predicted molar refractivity (Wildman–Crippen MR) is 92.1 cm³/mol. The molecule has 0 amide bonds. The van der Waals surface area contributed by atoms with Crippen LogP contribution in [-0.2, 0) is 10.0 Å². The molecule has 0 aliphatic heterocycles. The van der Waals surface area contributed by atoms with Gasteiger partial charge in [0.1, 0.15) is 0 Å². The second-order valence-corrected chi connectivity index (χ2v) is 5.79. The Hall–Kier alpha value is -1.61. The average Bonchev–Trinajstić information content (AvgIpc) is 2.43. The summed E-state index contributed by atoms with van der Waals surface area (Å²) in [6.45, 7) is 0.315. The minimum absolute atomic E-state index is 0. The van der Waals surface area contributed by atoms with Gasteiger partial charge in [-0.05, 0) is 12.1 Å². The van der Waals surface area contributed by atoms with Crippen LogP contribution >= 0.6 is 24.8 Å². The van der Waals surface area contributed by atoms with Gasteiger partial charge in [0.25, 0.3) is 0 Å². The second kappa shape index (κ2) is 8.74. The molecule has 1 aromatic heterocycles. The van der Waals surface area contributed by atoms with Crippen LogP contribution < -0.4 is 16.2 Å². The molecule has 0 unspecified atom stereocenters. The normalized spacial score (nSPS) is 10.4. The zero-order valence-electron chi connectivity index (χ0n) is 11.5. The van der Waals surface area contributed by atoms with Crippen molar-refractivity contribution in [1.82, 2.24) is 9.71 Å². The average molecular weight is 366 g/mol. The number of nitrogens with zero attached hydrogens (tertiary/aromatic N) is 2. The van der Waals surface area contributed by atoms with E-state index in [2.05, 4.69) is 14.7 Å². The first-order chi connectivity index (χ1) is 9.50. The number of nitrogens with two attached hydrogens (primary N) is 2. The molecule has 0 saturated carbocycles. The molecule has 1 aromatic carbocycles. The van der Waals surface area contributed by atoms with Gasteiger partial charge in [0, 0.05) is 29.7 Å². The van der Waals surface area contributed by atoms with Crippen molar-refractivity contribution >= 4 is 51.6 Å². The molecule has 2 rings (SSSR count). The Balaban J connectivity index is 0.00000220. The quantitative estimate of drug-likeness (QED) is 0.407. The van der Waals surface area contributed by atoms with E-state index in [1.807, 2.05) is 0 Å². The van der Waals surface area contributed by atoms with Gasteiger partial charge in [0.2, 0.25) is 10.0 Å². The van der Waals surface area contributed by atoms with E-state index in [0.717, 1.165) is 5.39 Å². The molecule has 0 aliphatic carbocycles. The number of aromatic nitrogens is 1. The lowest BCUT2D eigenvalue weighted by Crippen LogP contribution is -2.29. The van der Waals surface area contributed by atoms with Gasteiger partial charge in [0.05, 0.1) is 11.4 Å². The molecule has 0 spiro atoms. The number of rotatable bonds is 5. The Kier molecular flexibility index (Phi) is 8.10. The predicted octanol–water partition coefficient (Wildman–Crippen LogP) is 0.630. The van der Waals surface area contributed by atoms with Gasteiger partial charge in [-0.3, -0.25) is 9.98 Å². The van der Waals surface area contributed by atoms with Gasteiger partial charge in [0.15, 0.2) is 5.96 Å². The number of fused-ring (bicyclic) bond motifs is 1. The summed E-state index contributed by atoms with van der Waals surface area (Å²) in [6, 6.07) is 6.69. The Labute approximate surface area is 141 Å². The van der Waals surface area contributed by atoms with Gasteiger partial charge in [-0.25, -0.2) is 13.1 Å². The largest absolute Gasteiger partial charge is 0.370 e. The Morgan fingerprint density at radius 2 is 1.95 bits per heavy atom. The van der Waals surface area contributed by atoms with E-state index in [4.69, 9.17) is 11.5 Å². The van der Waals surface area contributed by atoms with Crippen molar-refractivity contribution in [3.8, 4) is 0 Å². The molecule has 7 nitrogen and oxygen atoms in total. The van der Waals surface area contributed by atoms with Crippen molar-refractivity contribution < 1.29 is 8.42 Å². The Morgan fingerprint density at radius 3 is 2.64 bits per heavy atom. The van der Waals surface area contributed by atoms with Crippen LogP contribution in [0.2, 0.25) is 0 Å². The minimum atomic E-state index is -3.61. The monoisotopic (exact) mass is 365 g/mol. The van der Waals surface area contributed by atoms with Crippen molar-refractivity contribution in [2.45, 2.75) is 4.90 Å². The molecule has 0 bridgehead atoms. The van der Waals surface area contributed by atoms with E-state index in [-0.39, 0.29) is 48.8 Å². The van der Waals surface area contributed by atoms with Crippen LogP contribution in [0.4, 0.5) is 0 Å². The first-order valence-corrected chi connectivity index (χ1v) is 7.37. The molecule has 1 heterocycles. The summed E-state index contributed by atoms with van der Waals surface area (Å²) in [6.07, 6.45) is 3.18. The fourth-order valence-corrected chi connectivity index (χ4v) is 3.02. The molecule has 0 radical (unpaired) electrons. The maximum absolute atomic E-state index is 12.2. The second-order valence-electron chi connectivity index (χ2n) is 4.06. The van der Waals surface area contributed by atoms with E-state index in [1.54, 1.807) is 36.7 Å². The Bertz CT molecular complexity index is 743. The molecule has 0 saturated heterocycles. The summed E-state index contributed by atoms with van der Waals surface area (Å²) in [5, 5.41) is 1.39. The first kappa shape index (κ1) is 20.4. The molecule has 0 atom stereocenters. The van der Waals surface area contributed by atoms with Crippen LogP contribution in [-0.4, -0.2) is 32.5 Å². The SMILES string of the molecule is Cl.Cl.NC(N)=NCCNS(=O)(=O)c1cccc2cnccc12. The number of nitrogens with one attached hydrogen (secondary N) is 1. The summed E-state index contributed by atoms with van der Waals surface area (Å²) in [5.41, 5.74) is 10.3. The number of hydrogen-bond acceptors (Lipinski definition) is 4. The first-order valence-electron chi connectivity index (χ1n) is 5.88. The maximum Gasteiger partial charge on any atom is 0.241 e. The molecule has 0 fully saturated rings. The summed E-state index contributed by atoms with van der Waals surface area (Å²) in [5.74, 6) is -0.0690. The molecule has 10 heteroatoms. The molecule has 5 N–H and O–H groups in total. The third-order valence-corrected chi connectivity index (χ3v) is 4.15. The highest BCUT2D eigenvalue weighted by Gasteiger charge is 2.16. The van der Waals surface area contributed by atoms with Gasteiger partial charge in [-0.15, -0.1) is 24.8 Å². The zero-order chi connectivity index (χ0) is 14.6. The van der Waals surface area contributed by atoms with E-state index >= 15 is 0 Å². The van der Waals surface area contributed by atoms with Crippen LogP contribution in [0.5, 0.6) is 0 Å². The fraction of sp³-hybridized carbons (Fsp3) is 0.167. The summed E-state index contributed by atoms with van der Waals surface area (Å²) in [4.78, 5) is 7.90. The van der Waals surface area contributed by atoms with Gasteiger partial charge in [-0.1, -0.05) is 12.1 Å². The standard InChI is InChI=1S/C12H15N5O2S.2ClH/c13-12(14)16-6-7-17-20(18,19)11-3-1-2-9-8-15-5-4-10(9)11;;/h1-5,8,17H,6-7H2,(H4,13,14,16);2*1H. The number of sulfonamides is 1. The topological polar surface area (TPSA) is 123 Å². The minimum Gasteiger partial charge on any atom is -0.370 e. The molecule has 122 valence electrons. The van der Waals surface area contributed by atoms with Crippen LogP contribution in [0.15, 0.2) is 46.5 Å². The number of hydrogen-bond donors (Lipinski definition) is 3. The van der Waals surface area contributed by atoms with Crippen molar-refractivity contribution in [3.63, 3.8) is 0 Å². The summed E-state index contributed by atoms with van der Waals surface area (Å²) >= 11 is 0. The van der Waals surface area contributed by atoms with E-state index in [1.165, 1.54) is 0 Å². The van der Waals surface area contributed by atoms with E-state index < -0.39 is 10.0 Å². The number of halogens is 2. The Morgan fingerprint density at radius 1 is 1.23 bits per heavy atom. The number of benzene rings is 1. The van der Waals surface area contributed by atoms with E-state index in [0.29, 0.717) is 5.39 Å². The zero-order valence-corrected chi connectivity index (χ0v) is 13.9. The van der Waals surface area contributed by atoms with E-state index in [9.17, 15) is 8.42 Å².